The molecule has 0 spiro atoms. The summed E-state index contributed by atoms with van der Waals surface area (Å²) in [7, 11) is 0. The van der Waals surface area contributed by atoms with E-state index in [2.05, 4.69) is 39.7 Å². The highest BCUT2D eigenvalue weighted by Crippen LogP contribution is 2.13. The molecule has 0 saturated heterocycles. The van der Waals surface area contributed by atoms with E-state index in [-0.39, 0.29) is 6.03 Å². The molecule has 2 N–H and O–H groups in total. The van der Waals surface area contributed by atoms with E-state index < -0.39 is 0 Å². The summed E-state index contributed by atoms with van der Waals surface area (Å²) >= 11 is 0. The maximum Gasteiger partial charge on any atom is 0.319 e. The highest BCUT2D eigenvalue weighted by atomic mass is 16.2. The van der Waals surface area contributed by atoms with E-state index in [1.807, 2.05) is 35.9 Å². The Balaban J connectivity index is 1.50. The van der Waals surface area contributed by atoms with E-state index in [0.29, 0.717) is 18.8 Å². The summed E-state index contributed by atoms with van der Waals surface area (Å²) in [6.07, 6.45) is 4.07. The van der Waals surface area contributed by atoms with Crippen LogP contribution in [0.1, 0.15) is 23.9 Å². The zero-order valence-electron chi connectivity index (χ0n) is 15.2. The molecule has 0 bridgehead atoms. The van der Waals surface area contributed by atoms with Gasteiger partial charge < -0.3 is 10.6 Å². The molecule has 0 aliphatic heterocycles. The zero-order chi connectivity index (χ0) is 18.5. The quantitative estimate of drug-likeness (QED) is 0.712. The second-order valence-corrected chi connectivity index (χ2v) is 5.99. The van der Waals surface area contributed by atoms with Gasteiger partial charge in [-0.1, -0.05) is 6.92 Å². The normalized spacial score (nSPS) is 10.7. The Morgan fingerprint density at radius 1 is 1.19 bits per heavy atom. The zero-order valence-corrected chi connectivity index (χ0v) is 15.2. The van der Waals surface area contributed by atoms with Gasteiger partial charge in [0.2, 0.25) is 0 Å². The topological polar surface area (TPSA) is 89.7 Å². The van der Waals surface area contributed by atoms with Gasteiger partial charge in [-0.05, 0) is 50.1 Å². The maximum atomic E-state index is 12.1. The van der Waals surface area contributed by atoms with E-state index in [9.17, 15) is 4.79 Å². The van der Waals surface area contributed by atoms with Gasteiger partial charge in [-0.3, -0.25) is 4.68 Å². The number of hydrogen-bond donors (Lipinski definition) is 2. The van der Waals surface area contributed by atoms with E-state index in [1.54, 1.807) is 11.0 Å². The van der Waals surface area contributed by atoms with Crippen LogP contribution in [0.4, 0.5) is 10.5 Å². The Bertz CT molecular complexity index is 866. The molecule has 0 aliphatic carbocycles. The fourth-order valence-corrected chi connectivity index (χ4v) is 2.95. The molecule has 1 aromatic carbocycles. The Labute approximate surface area is 152 Å². The van der Waals surface area contributed by atoms with Crippen molar-refractivity contribution in [2.45, 2.75) is 33.7 Å². The van der Waals surface area contributed by atoms with E-state index in [4.69, 9.17) is 0 Å². The minimum atomic E-state index is -0.240. The molecule has 2 amide bonds. The van der Waals surface area contributed by atoms with E-state index in [1.165, 1.54) is 11.9 Å². The van der Waals surface area contributed by atoms with Gasteiger partial charge in [-0.15, -0.1) is 0 Å². The third-order valence-electron chi connectivity index (χ3n) is 4.30. The van der Waals surface area contributed by atoms with Crippen LogP contribution in [0.3, 0.4) is 0 Å². The van der Waals surface area contributed by atoms with E-state index in [0.717, 1.165) is 23.5 Å². The summed E-state index contributed by atoms with van der Waals surface area (Å²) in [6.45, 7) is 7.36. The van der Waals surface area contributed by atoms with Crippen molar-refractivity contribution in [3.05, 3.63) is 53.9 Å². The van der Waals surface area contributed by atoms with Gasteiger partial charge >= 0.3 is 6.03 Å². The van der Waals surface area contributed by atoms with Gasteiger partial charge in [0, 0.05) is 17.9 Å². The number of carbonyl (C=O) groups excluding carboxylic acids is 1. The second-order valence-electron chi connectivity index (χ2n) is 5.99. The predicted octanol–water partition coefficient (Wildman–Crippen LogP) is 2.46. The van der Waals surface area contributed by atoms with Crippen molar-refractivity contribution in [2.24, 2.45) is 0 Å². The third-order valence-corrected chi connectivity index (χ3v) is 4.30. The molecule has 2 heterocycles. The van der Waals surface area contributed by atoms with Crippen molar-refractivity contribution in [3.8, 4) is 5.69 Å². The van der Waals surface area contributed by atoms with Crippen molar-refractivity contribution < 1.29 is 4.79 Å². The molecule has 3 aromatic rings. The molecule has 0 radical (unpaired) electrons. The number of amides is 2. The van der Waals surface area contributed by atoms with Gasteiger partial charge in [0.15, 0.2) is 0 Å². The standard InChI is InChI=1S/C18H23N7O/c1-4-17-13(2)23-24(14(17)3)10-9-20-18(26)22-15-5-7-16(8-6-15)25-12-19-11-21-25/h5-8,11-12H,4,9-10H2,1-3H3,(H2,20,22,26). The van der Waals surface area contributed by atoms with Crippen molar-refractivity contribution in [2.75, 3.05) is 11.9 Å². The van der Waals surface area contributed by atoms with Crippen LogP contribution in [-0.4, -0.2) is 37.1 Å². The Morgan fingerprint density at radius 3 is 2.58 bits per heavy atom. The largest absolute Gasteiger partial charge is 0.336 e. The highest BCUT2D eigenvalue weighted by Gasteiger charge is 2.09. The van der Waals surface area contributed by atoms with Crippen LogP contribution >= 0.6 is 0 Å². The molecule has 2 aromatic heterocycles. The number of urea groups is 1. The lowest BCUT2D eigenvalue weighted by molar-refractivity contribution is 0.251. The van der Waals surface area contributed by atoms with Crippen molar-refractivity contribution in [1.82, 2.24) is 29.9 Å². The summed E-state index contributed by atoms with van der Waals surface area (Å²) in [5.41, 5.74) is 5.09. The first kappa shape index (κ1) is 17.7. The van der Waals surface area contributed by atoms with Crippen molar-refractivity contribution in [3.63, 3.8) is 0 Å². The first-order chi connectivity index (χ1) is 12.6. The molecule has 3 rings (SSSR count). The summed E-state index contributed by atoms with van der Waals surface area (Å²) < 4.78 is 3.60. The number of nitrogens with one attached hydrogen (secondary N) is 2. The SMILES string of the molecule is CCc1c(C)nn(CCNC(=O)Nc2ccc(-n3cncn3)cc2)c1C. The molecule has 0 aliphatic rings. The van der Waals surface area contributed by atoms with Crippen LogP contribution in [-0.2, 0) is 13.0 Å². The van der Waals surface area contributed by atoms with Crippen LogP contribution in [0.2, 0.25) is 0 Å². The smallest absolute Gasteiger partial charge is 0.319 e. The van der Waals surface area contributed by atoms with Gasteiger partial charge in [0.05, 0.1) is 17.9 Å². The average molecular weight is 353 g/mol. The molecule has 0 unspecified atom stereocenters. The third kappa shape index (κ3) is 3.90. The first-order valence-electron chi connectivity index (χ1n) is 8.61. The Morgan fingerprint density at radius 2 is 1.96 bits per heavy atom. The molecule has 8 heteroatoms. The van der Waals surface area contributed by atoms with E-state index >= 15 is 0 Å². The molecular weight excluding hydrogens is 330 g/mol. The highest BCUT2D eigenvalue weighted by molar-refractivity contribution is 5.89. The lowest BCUT2D eigenvalue weighted by Crippen LogP contribution is -2.31. The summed E-state index contributed by atoms with van der Waals surface area (Å²) in [4.78, 5) is 16.0. The number of hydrogen-bond acceptors (Lipinski definition) is 4. The number of aryl methyl sites for hydroxylation is 1. The summed E-state index contributed by atoms with van der Waals surface area (Å²) in [5.74, 6) is 0. The number of rotatable bonds is 6. The fraction of sp³-hybridized carbons (Fsp3) is 0.333. The number of benzene rings is 1. The molecule has 8 nitrogen and oxygen atoms in total. The van der Waals surface area contributed by atoms with Crippen LogP contribution in [0.15, 0.2) is 36.9 Å². The Kier molecular flexibility index (Phi) is 5.31. The number of anilines is 1. The van der Waals surface area contributed by atoms with Crippen LogP contribution in [0.5, 0.6) is 0 Å². The van der Waals surface area contributed by atoms with Gasteiger partial charge in [0.1, 0.15) is 12.7 Å². The molecule has 26 heavy (non-hydrogen) atoms. The monoisotopic (exact) mass is 353 g/mol. The van der Waals surface area contributed by atoms with Crippen molar-refractivity contribution >= 4 is 11.7 Å². The summed E-state index contributed by atoms with van der Waals surface area (Å²) in [5, 5.41) is 14.3. The predicted molar refractivity (Wildman–Crippen MR) is 99.5 cm³/mol. The minimum Gasteiger partial charge on any atom is -0.336 e. The van der Waals surface area contributed by atoms with Crippen LogP contribution < -0.4 is 10.6 Å². The van der Waals surface area contributed by atoms with Crippen molar-refractivity contribution in [1.29, 1.82) is 0 Å². The maximum absolute atomic E-state index is 12.1. The van der Waals surface area contributed by atoms with Crippen LogP contribution in [0.25, 0.3) is 5.69 Å². The number of carbonyl (C=O) groups is 1. The summed E-state index contributed by atoms with van der Waals surface area (Å²) in [6, 6.07) is 7.14. The second kappa shape index (κ2) is 7.81. The molecule has 0 atom stereocenters. The Hall–Kier alpha value is -3.16. The lowest BCUT2D eigenvalue weighted by atomic mass is 10.1. The van der Waals surface area contributed by atoms with Gasteiger partial charge in [0.25, 0.3) is 0 Å². The number of nitrogens with zero attached hydrogens (tertiary/aromatic N) is 5. The van der Waals surface area contributed by atoms with Gasteiger partial charge in [-0.2, -0.15) is 10.2 Å². The minimum absolute atomic E-state index is 0.240. The lowest BCUT2D eigenvalue weighted by Gasteiger charge is -2.09. The molecular formula is C18H23N7O. The first-order valence-corrected chi connectivity index (χ1v) is 8.61. The number of aromatic nitrogens is 5. The molecule has 136 valence electrons. The van der Waals surface area contributed by atoms with Gasteiger partial charge in [-0.25, -0.2) is 14.5 Å². The molecule has 0 fully saturated rings. The average Bonchev–Trinajstić information content (AvgIpc) is 3.24. The van der Waals surface area contributed by atoms with Crippen LogP contribution in [0, 0.1) is 13.8 Å². The fourth-order valence-electron chi connectivity index (χ4n) is 2.95. The molecule has 0 saturated carbocycles.